The third-order valence-corrected chi connectivity index (χ3v) is 8.27. The summed E-state index contributed by atoms with van der Waals surface area (Å²) in [6.45, 7) is 7.52. The first kappa shape index (κ1) is 25.1. The number of hydrogen-bond donors (Lipinski definition) is 1. The Labute approximate surface area is 209 Å². The van der Waals surface area contributed by atoms with Crippen LogP contribution in [0.2, 0.25) is 0 Å². The Hall–Kier alpha value is -3.01. The average molecular weight is 511 g/mol. The number of hydrogen-bond acceptors (Lipinski definition) is 5. The summed E-state index contributed by atoms with van der Waals surface area (Å²) in [6, 6.07) is 17.9. The van der Waals surface area contributed by atoms with Gasteiger partial charge in [0, 0.05) is 11.4 Å². The zero-order valence-corrected chi connectivity index (χ0v) is 21.7. The fourth-order valence-electron chi connectivity index (χ4n) is 4.01. The molecular formula is C26H27FN4O2S2. The van der Waals surface area contributed by atoms with Crippen molar-refractivity contribution in [2.75, 3.05) is 0 Å². The molecule has 0 amide bonds. The van der Waals surface area contributed by atoms with Crippen molar-refractivity contribution < 1.29 is 12.8 Å². The van der Waals surface area contributed by atoms with Gasteiger partial charge < -0.3 is 0 Å². The fourth-order valence-corrected chi connectivity index (χ4v) is 6.37. The Bertz CT molecular complexity index is 1420. The lowest BCUT2D eigenvalue weighted by Gasteiger charge is -2.14. The zero-order valence-electron chi connectivity index (χ0n) is 20.0. The number of sulfonamides is 1. The minimum atomic E-state index is -3.77. The molecule has 0 bridgehead atoms. The Kier molecular flexibility index (Phi) is 7.39. The maximum Gasteiger partial charge on any atom is 0.241 e. The van der Waals surface area contributed by atoms with E-state index in [9.17, 15) is 12.8 Å². The van der Waals surface area contributed by atoms with E-state index >= 15 is 0 Å². The van der Waals surface area contributed by atoms with E-state index in [1.54, 1.807) is 26.0 Å². The first-order valence-corrected chi connectivity index (χ1v) is 13.6. The molecule has 4 rings (SSSR count). The highest BCUT2D eigenvalue weighted by Crippen LogP contribution is 2.27. The molecule has 0 spiro atoms. The monoisotopic (exact) mass is 510 g/mol. The van der Waals surface area contributed by atoms with E-state index in [4.69, 9.17) is 0 Å². The first-order valence-electron chi connectivity index (χ1n) is 11.1. The van der Waals surface area contributed by atoms with Crippen LogP contribution in [0.3, 0.4) is 0 Å². The lowest BCUT2D eigenvalue weighted by molar-refractivity contribution is 0.577. The molecular weight excluding hydrogens is 483 g/mol. The molecule has 0 saturated carbocycles. The summed E-state index contributed by atoms with van der Waals surface area (Å²) in [5.74, 6) is 0.759. The maximum absolute atomic E-state index is 13.3. The molecule has 35 heavy (non-hydrogen) atoms. The summed E-state index contributed by atoms with van der Waals surface area (Å²) < 4.78 is 44.2. The van der Waals surface area contributed by atoms with Crippen LogP contribution in [0.5, 0.6) is 0 Å². The Morgan fingerprint density at radius 1 is 0.886 bits per heavy atom. The third kappa shape index (κ3) is 5.80. The van der Waals surface area contributed by atoms with Gasteiger partial charge in [-0.25, -0.2) is 17.5 Å². The highest BCUT2D eigenvalue weighted by Gasteiger charge is 2.22. The van der Waals surface area contributed by atoms with E-state index in [2.05, 4.69) is 14.9 Å². The van der Waals surface area contributed by atoms with Gasteiger partial charge in [0.1, 0.15) is 5.82 Å². The quantitative estimate of drug-likeness (QED) is 0.321. The van der Waals surface area contributed by atoms with E-state index < -0.39 is 10.0 Å². The smallest absolute Gasteiger partial charge is 0.241 e. The van der Waals surface area contributed by atoms with Crippen LogP contribution in [0.1, 0.15) is 33.6 Å². The zero-order chi connectivity index (χ0) is 25.2. The summed E-state index contributed by atoms with van der Waals surface area (Å²) in [7, 11) is -3.77. The normalized spacial score (nSPS) is 11.7. The number of nitrogens with one attached hydrogen (secondary N) is 1. The van der Waals surface area contributed by atoms with Crippen molar-refractivity contribution in [3.8, 4) is 5.69 Å². The summed E-state index contributed by atoms with van der Waals surface area (Å²) >= 11 is 1.45. The molecule has 0 saturated heterocycles. The summed E-state index contributed by atoms with van der Waals surface area (Å²) in [6.07, 6.45) is 0. The predicted molar refractivity (Wildman–Crippen MR) is 137 cm³/mol. The molecule has 0 aliphatic heterocycles. The maximum atomic E-state index is 13.3. The highest BCUT2D eigenvalue weighted by atomic mass is 32.2. The van der Waals surface area contributed by atoms with E-state index in [0.717, 1.165) is 22.4 Å². The highest BCUT2D eigenvalue weighted by molar-refractivity contribution is 7.98. The average Bonchev–Trinajstić information content (AvgIpc) is 3.20. The van der Waals surface area contributed by atoms with Crippen molar-refractivity contribution in [3.63, 3.8) is 0 Å². The molecule has 0 aliphatic rings. The Morgan fingerprint density at radius 3 is 2.14 bits per heavy atom. The van der Waals surface area contributed by atoms with Crippen LogP contribution in [0, 0.1) is 33.5 Å². The van der Waals surface area contributed by atoms with Crippen molar-refractivity contribution in [1.82, 2.24) is 19.5 Å². The molecule has 9 heteroatoms. The molecule has 0 unspecified atom stereocenters. The van der Waals surface area contributed by atoms with E-state index in [-0.39, 0.29) is 17.3 Å². The molecule has 0 atom stereocenters. The second kappa shape index (κ2) is 10.3. The summed E-state index contributed by atoms with van der Waals surface area (Å²) in [4.78, 5) is 0.287. The van der Waals surface area contributed by atoms with Gasteiger partial charge in [0.15, 0.2) is 11.0 Å². The van der Waals surface area contributed by atoms with E-state index in [1.807, 2.05) is 54.8 Å². The van der Waals surface area contributed by atoms with Crippen LogP contribution >= 0.6 is 11.8 Å². The molecule has 3 aromatic carbocycles. The van der Waals surface area contributed by atoms with Gasteiger partial charge in [0.05, 0.1) is 11.4 Å². The van der Waals surface area contributed by atoms with Gasteiger partial charge in [0.25, 0.3) is 0 Å². The van der Waals surface area contributed by atoms with Gasteiger partial charge >= 0.3 is 0 Å². The van der Waals surface area contributed by atoms with Crippen LogP contribution in [-0.4, -0.2) is 23.2 Å². The SMILES string of the molecule is Cc1ccc(-n2c(CNS(=O)(=O)c3c(C)cc(C)cc3C)nnc2SCc2ccc(F)cc2)cc1. The minimum absolute atomic E-state index is 0.0208. The minimum Gasteiger partial charge on any atom is -0.273 e. The van der Waals surface area contributed by atoms with Crippen LogP contribution in [0.4, 0.5) is 4.39 Å². The number of benzene rings is 3. The van der Waals surface area contributed by atoms with Crippen LogP contribution in [0.25, 0.3) is 5.69 Å². The first-order chi connectivity index (χ1) is 16.6. The van der Waals surface area contributed by atoms with Crippen LogP contribution in [0.15, 0.2) is 70.7 Å². The largest absolute Gasteiger partial charge is 0.273 e. The van der Waals surface area contributed by atoms with Gasteiger partial charge in [-0.05, 0) is 68.7 Å². The van der Waals surface area contributed by atoms with Crippen LogP contribution in [-0.2, 0) is 22.3 Å². The summed E-state index contributed by atoms with van der Waals surface area (Å²) in [5.41, 5.74) is 5.30. The van der Waals surface area contributed by atoms with Crippen molar-refractivity contribution in [3.05, 3.63) is 100 Å². The van der Waals surface area contributed by atoms with Gasteiger partial charge in [0.2, 0.25) is 10.0 Å². The predicted octanol–water partition coefficient (Wildman–Crippen LogP) is 5.41. The molecule has 1 aromatic heterocycles. The third-order valence-electron chi connectivity index (χ3n) is 5.57. The Balaban J connectivity index is 1.63. The second-order valence-corrected chi connectivity index (χ2v) is 11.2. The number of aryl methyl sites for hydroxylation is 4. The number of nitrogens with zero attached hydrogens (tertiary/aromatic N) is 3. The number of aromatic nitrogens is 3. The number of halogens is 1. The van der Waals surface area contributed by atoms with Crippen molar-refractivity contribution in [2.24, 2.45) is 0 Å². The Morgan fingerprint density at radius 2 is 1.51 bits per heavy atom. The molecule has 1 heterocycles. The van der Waals surface area contributed by atoms with Crippen molar-refractivity contribution in [2.45, 2.75) is 50.0 Å². The lowest BCUT2D eigenvalue weighted by Crippen LogP contribution is -2.26. The molecule has 0 aliphatic carbocycles. The van der Waals surface area contributed by atoms with Gasteiger partial charge in [-0.1, -0.05) is 59.3 Å². The topological polar surface area (TPSA) is 76.9 Å². The molecule has 6 nitrogen and oxygen atoms in total. The molecule has 4 aromatic rings. The molecule has 0 fully saturated rings. The molecule has 0 radical (unpaired) electrons. The van der Waals surface area contributed by atoms with Crippen molar-refractivity contribution in [1.29, 1.82) is 0 Å². The fraction of sp³-hybridized carbons (Fsp3) is 0.231. The number of rotatable bonds is 8. The number of thioether (sulfide) groups is 1. The van der Waals surface area contributed by atoms with E-state index in [1.165, 1.54) is 23.9 Å². The molecule has 182 valence electrons. The summed E-state index contributed by atoms with van der Waals surface area (Å²) in [5, 5.41) is 9.26. The van der Waals surface area contributed by atoms with E-state index in [0.29, 0.717) is 27.9 Å². The lowest BCUT2D eigenvalue weighted by atomic mass is 10.1. The van der Waals surface area contributed by atoms with Gasteiger partial charge in [-0.2, -0.15) is 0 Å². The van der Waals surface area contributed by atoms with Crippen molar-refractivity contribution >= 4 is 21.8 Å². The van der Waals surface area contributed by atoms with Gasteiger partial charge in [-0.3, -0.25) is 4.57 Å². The van der Waals surface area contributed by atoms with Gasteiger partial charge in [-0.15, -0.1) is 10.2 Å². The second-order valence-electron chi connectivity index (χ2n) is 8.54. The standard InChI is InChI=1S/C26H27FN4O2S2/c1-17-5-11-23(12-6-17)31-24(29-30-26(31)34-16-21-7-9-22(27)10-8-21)15-28-35(32,33)25-19(3)13-18(2)14-20(25)4/h5-14,28H,15-16H2,1-4H3. The van der Waals surface area contributed by atoms with Crippen LogP contribution < -0.4 is 4.72 Å². The molecule has 1 N–H and O–H groups in total.